The lowest BCUT2D eigenvalue weighted by Gasteiger charge is -2.28. The molecule has 1 unspecified atom stereocenters. The number of carbonyl (C=O) groups excluding carboxylic acids is 4. The number of urea groups is 1. The van der Waals surface area contributed by atoms with Gasteiger partial charge >= 0.3 is 6.03 Å². The number of benzene rings is 2. The summed E-state index contributed by atoms with van der Waals surface area (Å²) in [5, 5.41) is 0.941. The number of fused-ring (bicyclic) bond motifs is 1. The molecule has 0 aliphatic carbocycles. The molecule has 1 aliphatic heterocycles. The molecule has 0 aromatic heterocycles. The van der Waals surface area contributed by atoms with Gasteiger partial charge in [-0.15, -0.1) is 0 Å². The summed E-state index contributed by atoms with van der Waals surface area (Å²) >= 11 is 12.3. The van der Waals surface area contributed by atoms with Crippen molar-refractivity contribution in [3.63, 3.8) is 0 Å². The molecule has 0 radical (unpaired) electrons. The lowest BCUT2D eigenvalue weighted by atomic mass is 10.1. The van der Waals surface area contributed by atoms with Crippen LogP contribution in [0.5, 0.6) is 0 Å². The molecule has 3 rings (SSSR count). The van der Waals surface area contributed by atoms with Crippen molar-refractivity contribution in [3.05, 3.63) is 63.6 Å². The third-order valence-corrected chi connectivity index (χ3v) is 5.70. The van der Waals surface area contributed by atoms with Crippen LogP contribution < -0.4 is 4.90 Å². The molecule has 2 aromatic carbocycles. The zero-order chi connectivity index (χ0) is 22.7. The molecule has 1 heterocycles. The Kier molecular flexibility index (Phi) is 6.97. The predicted molar refractivity (Wildman–Crippen MR) is 118 cm³/mol. The largest absolute Gasteiger partial charge is 0.327 e. The number of ketones is 1. The molecule has 0 spiro atoms. The number of likely N-dealkylation sites (N-methyl/N-ethyl adjacent to an activating group) is 1. The SMILES string of the molecule is CC(=O)CN1C(=O)C(N(C)C(=O)N(C=O)CCc2ccccc2Cl)c2cc(Cl)ccc21. The first-order valence-electron chi connectivity index (χ1n) is 9.57. The number of amides is 4. The van der Waals surface area contributed by atoms with Crippen LogP contribution in [0, 0.1) is 0 Å². The first kappa shape index (κ1) is 22.8. The highest BCUT2D eigenvalue weighted by molar-refractivity contribution is 6.31. The van der Waals surface area contributed by atoms with E-state index in [1.807, 2.05) is 12.1 Å². The van der Waals surface area contributed by atoms with E-state index in [-0.39, 0.29) is 18.9 Å². The van der Waals surface area contributed by atoms with Gasteiger partial charge in [-0.2, -0.15) is 0 Å². The molecule has 1 aliphatic rings. The Bertz CT molecular complexity index is 1040. The van der Waals surface area contributed by atoms with Crippen LogP contribution >= 0.6 is 23.2 Å². The summed E-state index contributed by atoms with van der Waals surface area (Å²) in [4.78, 5) is 53.0. The second-order valence-corrected chi connectivity index (χ2v) is 8.11. The average Bonchev–Trinajstić information content (AvgIpc) is 2.99. The van der Waals surface area contributed by atoms with Gasteiger partial charge in [-0.25, -0.2) is 4.79 Å². The van der Waals surface area contributed by atoms with Gasteiger partial charge in [0.05, 0.1) is 12.2 Å². The second kappa shape index (κ2) is 9.49. The summed E-state index contributed by atoms with van der Waals surface area (Å²) in [6.07, 6.45) is 0.802. The maximum atomic E-state index is 13.1. The average molecular weight is 462 g/mol. The molecular formula is C22H21Cl2N3O4. The Hall–Kier alpha value is -2.90. The maximum Gasteiger partial charge on any atom is 0.327 e. The number of nitrogens with zero attached hydrogens (tertiary/aromatic N) is 3. The van der Waals surface area contributed by atoms with Gasteiger partial charge in [-0.05, 0) is 43.2 Å². The Balaban J connectivity index is 1.83. The van der Waals surface area contributed by atoms with Gasteiger partial charge < -0.3 is 9.80 Å². The normalized spacial score (nSPS) is 14.9. The molecule has 1 atom stereocenters. The minimum absolute atomic E-state index is 0.0941. The van der Waals surface area contributed by atoms with E-state index in [0.29, 0.717) is 34.1 Å². The van der Waals surface area contributed by atoms with Crippen molar-refractivity contribution in [1.82, 2.24) is 9.80 Å². The number of hydrogen-bond donors (Lipinski definition) is 0. The Morgan fingerprint density at radius 3 is 2.52 bits per heavy atom. The van der Waals surface area contributed by atoms with Gasteiger partial charge in [0.15, 0.2) is 0 Å². The van der Waals surface area contributed by atoms with Crippen LogP contribution in [0.4, 0.5) is 10.5 Å². The van der Waals surface area contributed by atoms with Crippen molar-refractivity contribution < 1.29 is 19.2 Å². The number of halogens is 2. The number of rotatable bonds is 7. The van der Waals surface area contributed by atoms with E-state index in [4.69, 9.17) is 23.2 Å². The zero-order valence-electron chi connectivity index (χ0n) is 17.0. The molecule has 4 amide bonds. The first-order valence-corrected chi connectivity index (χ1v) is 10.3. The summed E-state index contributed by atoms with van der Waals surface area (Å²) in [7, 11) is 1.44. The van der Waals surface area contributed by atoms with Gasteiger partial charge in [0.25, 0.3) is 5.91 Å². The highest BCUT2D eigenvalue weighted by atomic mass is 35.5. The lowest BCUT2D eigenvalue weighted by molar-refractivity contribution is -0.124. The summed E-state index contributed by atoms with van der Waals surface area (Å²) in [5.41, 5.74) is 1.82. The van der Waals surface area contributed by atoms with Crippen molar-refractivity contribution in [2.45, 2.75) is 19.4 Å². The second-order valence-electron chi connectivity index (χ2n) is 7.27. The molecule has 0 bridgehead atoms. The van der Waals surface area contributed by atoms with Crippen molar-refractivity contribution in [3.8, 4) is 0 Å². The minimum Gasteiger partial charge on any atom is -0.311 e. The Labute approximate surface area is 190 Å². The summed E-state index contributed by atoms with van der Waals surface area (Å²) in [6.45, 7) is 1.36. The Morgan fingerprint density at radius 2 is 1.87 bits per heavy atom. The predicted octanol–water partition coefficient (Wildman–Crippen LogP) is 3.72. The molecule has 31 heavy (non-hydrogen) atoms. The van der Waals surface area contributed by atoms with Crippen LogP contribution in [0.2, 0.25) is 10.0 Å². The third kappa shape index (κ3) is 4.73. The number of anilines is 1. The fourth-order valence-corrected chi connectivity index (χ4v) is 4.01. The van der Waals surface area contributed by atoms with E-state index in [1.54, 1.807) is 30.3 Å². The molecule has 0 saturated heterocycles. The van der Waals surface area contributed by atoms with Crippen molar-refractivity contribution in [2.75, 3.05) is 25.0 Å². The molecule has 9 heteroatoms. The highest BCUT2D eigenvalue weighted by Crippen LogP contribution is 2.40. The molecule has 0 N–H and O–H groups in total. The Morgan fingerprint density at radius 1 is 1.16 bits per heavy atom. The van der Waals surface area contributed by atoms with Gasteiger partial charge in [-0.1, -0.05) is 41.4 Å². The molecular weight excluding hydrogens is 441 g/mol. The van der Waals surface area contributed by atoms with Gasteiger partial charge in [0.2, 0.25) is 6.41 Å². The summed E-state index contributed by atoms with van der Waals surface area (Å²) < 4.78 is 0. The molecule has 7 nitrogen and oxygen atoms in total. The van der Waals surface area contributed by atoms with Gasteiger partial charge in [0, 0.05) is 29.2 Å². The molecule has 162 valence electrons. The van der Waals surface area contributed by atoms with Crippen LogP contribution in [0.25, 0.3) is 0 Å². The third-order valence-electron chi connectivity index (χ3n) is 5.10. The summed E-state index contributed by atoms with van der Waals surface area (Å²) in [5.74, 6) is -0.626. The van der Waals surface area contributed by atoms with E-state index in [2.05, 4.69) is 0 Å². The topological polar surface area (TPSA) is 78.0 Å². The fourth-order valence-electron chi connectivity index (χ4n) is 3.60. The monoisotopic (exact) mass is 461 g/mol. The van der Waals surface area contributed by atoms with E-state index in [0.717, 1.165) is 10.5 Å². The van der Waals surface area contributed by atoms with Crippen LogP contribution in [-0.4, -0.2) is 54.1 Å². The van der Waals surface area contributed by atoms with Crippen LogP contribution in [0.15, 0.2) is 42.5 Å². The standard InChI is InChI=1S/C22H21Cl2N3O4/c1-14(29)12-27-19-8-7-16(23)11-17(19)20(21(27)30)25(2)22(31)26(13-28)10-9-15-5-3-4-6-18(15)24/h3-8,11,13,20H,9-10,12H2,1-2H3. The number of hydrogen-bond acceptors (Lipinski definition) is 4. The van der Waals surface area contributed by atoms with Crippen LogP contribution in [0.3, 0.4) is 0 Å². The van der Waals surface area contributed by atoms with Gasteiger partial charge in [0.1, 0.15) is 11.8 Å². The number of carbonyl (C=O) groups is 4. The molecule has 2 aromatic rings. The quantitative estimate of drug-likeness (QED) is 0.588. The van der Waals surface area contributed by atoms with Gasteiger partial charge in [-0.3, -0.25) is 19.3 Å². The fraction of sp³-hybridized carbons (Fsp3) is 0.273. The van der Waals surface area contributed by atoms with Crippen molar-refractivity contribution in [1.29, 1.82) is 0 Å². The maximum absolute atomic E-state index is 13.1. The lowest BCUT2D eigenvalue weighted by Crippen LogP contribution is -2.46. The van der Waals surface area contributed by atoms with Crippen molar-refractivity contribution in [2.24, 2.45) is 0 Å². The minimum atomic E-state index is -0.997. The van der Waals surface area contributed by atoms with E-state index < -0.39 is 18.0 Å². The smallest absolute Gasteiger partial charge is 0.311 e. The highest BCUT2D eigenvalue weighted by Gasteiger charge is 2.42. The molecule has 0 saturated carbocycles. The first-order chi connectivity index (χ1) is 14.7. The summed E-state index contributed by atoms with van der Waals surface area (Å²) in [6, 6.07) is 10.4. The van der Waals surface area contributed by atoms with Crippen molar-refractivity contribution >= 4 is 53.0 Å². The number of imide groups is 1. The zero-order valence-corrected chi connectivity index (χ0v) is 18.6. The van der Waals surface area contributed by atoms with E-state index in [9.17, 15) is 19.2 Å². The van der Waals surface area contributed by atoms with Crippen LogP contribution in [-0.2, 0) is 20.8 Å². The van der Waals surface area contributed by atoms with E-state index >= 15 is 0 Å². The van der Waals surface area contributed by atoms with Crippen LogP contribution in [0.1, 0.15) is 24.1 Å². The van der Waals surface area contributed by atoms with E-state index in [1.165, 1.54) is 23.8 Å². The molecule has 0 fully saturated rings. The number of Topliss-reactive ketones (excluding diaryl/α,β-unsaturated/α-hetero) is 1.